The second-order valence-corrected chi connectivity index (χ2v) is 3.88. The zero-order valence-corrected chi connectivity index (χ0v) is 9.60. The van der Waals surface area contributed by atoms with Crippen molar-refractivity contribution in [1.82, 2.24) is 15.0 Å². The van der Waals surface area contributed by atoms with E-state index in [4.69, 9.17) is 5.11 Å². The van der Waals surface area contributed by atoms with E-state index in [2.05, 4.69) is 10.3 Å². The highest BCUT2D eigenvalue weighted by atomic mass is 19.1. The van der Waals surface area contributed by atoms with Crippen LogP contribution in [0.15, 0.2) is 24.4 Å². The van der Waals surface area contributed by atoms with Crippen LogP contribution in [0.1, 0.15) is 12.0 Å². The molecule has 0 amide bonds. The SMILES string of the molecule is Cc1cc(-c2cnnn2CCCO)ccc1F. The Hall–Kier alpha value is -1.75. The van der Waals surface area contributed by atoms with Crippen molar-refractivity contribution in [3.05, 3.63) is 35.8 Å². The molecule has 1 heterocycles. The molecule has 0 aliphatic heterocycles. The third-order valence-corrected chi connectivity index (χ3v) is 2.60. The summed E-state index contributed by atoms with van der Waals surface area (Å²) in [4.78, 5) is 0. The van der Waals surface area contributed by atoms with Gasteiger partial charge in [0.25, 0.3) is 0 Å². The van der Waals surface area contributed by atoms with E-state index >= 15 is 0 Å². The summed E-state index contributed by atoms with van der Waals surface area (Å²) in [6, 6.07) is 4.91. The van der Waals surface area contributed by atoms with E-state index in [0.717, 1.165) is 11.3 Å². The lowest BCUT2D eigenvalue weighted by Gasteiger charge is -2.06. The molecule has 1 aromatic heterocycles. The standard InChI is InChI=1S/C12H14FN3O/c1-9-7-10(3-4-11(9)13)12-8-14-15-16(12)5-2-6-17/h3-4,7-8,17H,2,5-6H2,1H3. The Kier molecular flexibility index (Phi) is 3.49. The third kappa shape index (κ3) is 2.50. The first kappa shape index (κ1) is 11.7. The molecule has 1 N–H and O–H groups in total. The molecule has 0 unspecified atom stereocenters. The van der Waals surface area contributed by atoms with Gasteiger partial charge in [0.05, 0.1) is 11.9 Å². The van der Waals surface area contributed by atoms with Gasteiger partial charge in [-0.1, -0.05) is 5.21 Å². The zero-order chi connectivity index (χ0) is 12.3. The van der Waals surface area contributed by atoms with Gasteiger partial charge in [-0.15, -0.1) is 5.10 Å². The average Bonchev–Trinajstić information content (AvgIpc) is 2.78. The van der Waals surface area contributed by atoms with Gasteiger partial charge in [-0.3, -0.25) is 0 Å². The fraction of sp³-hybridized carbons (Fsp3) is 0.333. The van der Waals surface area contributed by atoms with Gasteiger partial charge >= 0.3 is 0 Å². The normalized spacial score (nSPS) is 10.8. The van der Waals surface area contributed by atoms with E-state index < -0.39 is 0 Å². The van der Waals surface area contributed by atoms with Crippen molar-refractivity contribution in [2.24, 2.45) is 0 Å². The second kappa shape index (κ2) is 5.05. The molecule has 0 saturated carbocycles. The monoisotopic (exact) mass is 235 g/mol. The lowest BCUT2D eigenvalue weighted by atomic mass is 10.1. The fourth-order valence-electron chi connectivity index (χ4n) is 1.67. The number of hydrogen-bond acceptors (Lipinski definition) is 3. The molecule has 2 rings (SSSR count). The largest absolute Gasteiger partial charge is 0.396 e. The summed E-state index contributed by atoms with van der Waals surface area (Å²) >= 11 is 0. The summed E-state index contributed by atoms with van der Waals surface area (Å²) < 4.78 is 14.9. The molecule has 5 heteroatoms. The van der Waals surface area contributed by atoms with Gasteiger partial charge < -0.3 is 5.11 Å². The van der Waals surface area contributed by atoms with Crippen LogP contribution in [-0.2, 0) is 6.54 Å². The van der Waals surface area contributed by atoms with Crippen LogP contribution in [0, 0.1) is 12.7 Å². The maximum atomic E-state index is 13.2. The molecule has 0 atom stereocenters. The molecule has 0 fully saturated rings. The van der Waals surface area contributed by atoms with Crippen molar-refractivity contribution in [3.63, 3.8) is 0 Å². The van der Waals surface area contributed by atoms with Crippen LogP contribution < -0.4 is 0 Å². The Bertz CT molecular complexity index is 510. The van der Waals surface area contributed by atoms with Crippen LogP contribution in [-0.4, -0.2) is 26.7 Å². The minimum absolute atomic E-state index is 0.113. The lowest BCUT2D eigenvalue weighted by molar-refractivity contribution is 0.276. The van der Waals surface area contributed by atoms with Crippen LogP contribution in [0.3, 0.4) is 0 Å². The number of aromatic nitrogens is 3. The van der Waals surface area contributed by atoms with Crippen LogP contribution in [0.2, 0.25) is 0 Å². The summed E-state index contributed by atoms with van der Waals surface area (Å²) in [6.07, 6.45) is 2.26. The molecule has 2 aromatic rings. The first-order chi connectivity index (χ1) is 8.22. The van der Waals surface area contributed by atoms with Crippen molar-refractivity contribution in [1.29, 1.82) is 0 Å². The van der Waals surface area contributed by atoms with Crippen LogP contribution >= 0.6 is 0 Å². The van der Waals surface area contributed by atoms with Crippen LogP contribution in [0.5, 0.6) is 0 Å². The summed E-state index contributed by atoms with van der Waals surface area (Å²) in [5.74, 6) is -0.219. The zero-order valence-electron chi connectivity index (χ0n) is 9.60. The van der Waals surface area contributed by atoms with Gasteiger partial charge in [0.1, 0.15) is 5.82 Å². The number of rotatable bonds is 4. The maximum Gasteiger partial charge on any atom is 0.126 e. The summed E-state index contributed by atoms with van der Waals surface area (Å²) in [5, 5.41) is 16.6. The summed E-state index contributed by atoms with van der Waals surface area (Å²) in [6.45, 7) is 2.44. The van der Waals surface area contributed by atoms with Crippen molar-refractivity contribution < 1.29 is 9.50 Å². The molecule has 0 saturated heterocycles. The summed E-state index contributed by atoms with van der Waals surface area (Å²) in [7, 11) is 0. The molecule has 4 nitrogen and oxygen atoms in total. The molecule has 0 aliphatic rings. The number of nitrogens with zero attached hydrogens (tertiary/aromatic N) is 3. The van der Waals surface area contributed by atoms with E-state index in [9.17, 15) is 4.39 Å². The lowest BCUT2D eigenvalue weighted by Crippen LogP contribution is -2.04. The van der Waals surface area contributed by atoms with Crippen molar-refractivity contribution >= 4 is 0 Å². The minimum Gasteiger partial charge on any atom is -0.396 e. The van der Waals surface area contributed by atoms with E-state index in [1.807, 2.05) is 0 Å². The molecule has 1 aromatic carbocycles. The first-order valence-electron chi connectivity index (χ1n) is 5.48. The predicted molar refractivity (Wildman–Crippen MR) is 61.9 cm³/mol. The number of benzene rings is 1. The molecule has 0 aliphatic carbocycles. The highest BCUT2D eigenvalue weighted by Crippen LogP contribution is 2.20. The Morgan fingerprint density at radius 2 is 2.24 bits per heavy atom. The van der Waals surface area contributed by atoms with Crippen molar-refractivity contribution in [3.8, 4) is 11.3 Å². The van der Waals surface area contributed by atoms with Crippen molar-refractivity contribution in [2.75, 3.05) is 6.61 Å². The van der Waals surface area contributed by atoms with Gasteiger partial charge in [0.15, 0.2) is 0 Å². The maximum absolute atomic E-state index is 13.2. The Balaban J connectivity index is 2.32. The van der Waals surface area contributed by atoms with Gasteiger partial charge in [-0.05, 0) is 37.1 Å². The van der Waals surface area contributed by atoms with Gasteiger partial charge in [0.2, 0.25) is 0 Å². The van der Waals surface area contributed by atoms with Crippen LogP contribution in [0.4, 0.5) is 4.39 Å². The number of aryl methyl sites for hydroxylation is 2. The minimum atomic E-state index is -0.219. The van der Waals surface area contributed by atoms with E-state index in [1.165, 1.54) is 6.07 Å². The number of aliphatic hydroxyl groups is 1. The van der Waals surface area contributed by atoms with Gasteiger partial charge in [-0.2, -0.15) is 0 Å². The predicted octanol–water partition coefficient (Wildman–Crippen LogP) is 1.78. The number of halogens is 1. The second-order valence-electron chi connectivity index (χ2n) is 3.88. The van der Waals surface area contributed by atoms with Gasteiger partial charge in [-0.25, -0.2) is 9.07 Å². The Morgan fingerprint density at radius 1 is 1.41 bits per heavy atom. The number of aliphatic hydroxyl groups excluding tert-OH is 1. The molecule has 90 valence electrons. The highest BCUT2D eigenvalue weighted by Gasteiger charge is 2.08. The third-order valence-electron chi connectivity index (χ3n) is 2.60. The molecule has 0 spiro atoms. The molecular weight excluding hydrogens is 221 g/mol. The van der Waals surface area contributed by atoms with E-state index in [-0.39, 0.29) is 12.4 Å². The molecule has 0 radical (unpaired) electrons. The van der Waals surface area contributed by atoms with E-state index in [0.29, 0.717) is 18.5 Å². The molecule has 0 bridgehead atoms. The average molecular weight is 235 g/mol. The van der Waals surface area contributed by atoms with Gasteiger partial charge in [0, 0.05) is 18.7 Å². The summed E-state index contributed by atoms with van der Waals surface area (Å²) in [5.41, 5.74) is 2.31. The highest BCUT2D eigenvalue weighted by molar-refractivity contribution is 5.59. The topological polar surface area (TPSA) is 50.9 Å². The number of hydrogen-bond donors (Lipinski definition) is 1. The Morgan fingerprint density at radius 3 is 2.94 bits per heavy atom. The molecule has 17 heavy (non-hydrogen) atoms. The Labute approximate surface area is 98.7 Å². The molecular formula is C12H14FN3O. The smallest absolute Gasteiger partial charge is 0.126 e. The van der Waals surface area contributed by atoms with Crippen molar-refractivity contribution in [2.45, 2.75) is 19.9 Å². The first-order valence-corrected chi connectivity index (χ1v) is 5.48. The van der Waals surface area contributed by atoms with E-state index in [1.54, 1.807) is 29.9 Å². The van der Waals surface area contributed by atoms with Crippen LogP contribution in [0.25, 0.3) is 11.3 Å². The quantitative estimate of drug-likeness (QED) is 0.878. The fourth-order valence-corrected chi connectivity index (χ4v) is 1.67.